The van der Waals surface area contributed by atoms with Crippen molar-refractivity contribution >= 4 is 5.91 Å². The van der Waals surface area contributed by atoms with Gasteiger partial charge in [-0.25, -0.2) is 0 Å². The van der Waals surface area contributed by atoms with Crippen LogP contribution in [0.25, 0.3) is 0 Å². The van der Waals surface area contributed by atoms with Crippen LogP contribution in [0, 0.1) is 0 Å². The standard InChI is InChI=1S/C13H14F3NO2/c14-13(15,16)12(19)8-4-7-11(18)17(12)9-10-5-2-1-3-6-10/h1-3,5-6,19H,4,7-9H2. The fraction of sp³-hybridized carbons (Fsp3) is 0.462. The molecule has 1 aromatic rings. The van der Waals surface area contributed by atoms with Gasteiger partial charge in [0.25, 0.3) is 0 Å². The van der Waals surface area contributed by atoms with Crippen LogP contribution in [0.4, 0.5) is 13.2 Å². The second-order valence-corrected chi connectivity index (χ2v) is 4.63. The maximum Gasteiger partial charge on any atom is 0.436 e. The first-order valence-corrected chi connectivity index (χ1v) is 5.98. The van der Waals surface area contributed by atoms with Gasteiger partial charge in [-0.05, 0) is 12.0 Å². The van der Waals surface area contributed by atoms with Crippen LogP contribution in [-0.2, 0) is 11.3 Å². The number of aliphatic hydroxyl groups is 1. The molecule has 1 fully saturated rings. The highest BCUT2D eigenvalue weighted by Gasteiger charge is 2.60. The molecule has 1 saturated heterocycles. The molecule has 1 atom stereocenters. The van der Waals surface area contributed by atoms with Gasteiger partial charge in [0.15, 0.2) is 0 Å². The minimum absolute atomic E-state index is 0.0330. The molecule has 1 unspecified atom stereocenters. The topological polar surface area (TPSA) is 40.5 Å². The summed E-state index contributed by atoms with van der Waals surface area (Å²) < 4.78 is 39.0. The molecule has 6 heteroatoms. The van der Waals surface area contributed by atoms with Gasteiger partial charge in [-0.3, -0.25) is 4.79 Å². The molecule has 104 valence electrons. The summed E-state index contributed by atoms with van der Waals surface area (Å²) in [4.78, 5) is 12.3. The van der Waals surface area contributed by atoms with Gasteiger partial charge < -0.3 is 10.0 Å². The Balaban J connectivity index is 2.30. The summed E-state index contributed by atoms with van der Waals surface area (Å²) in [5.41, 5.74) is -2.50. The molecule has 0 spiro atoms. The summed E-state index contributed by atoms with van der Waals surface area (Å²) in [6, 6.07) is 8.33. The third-order valence-electron chi connectivity index (χ3n) is 3.30. The first-order valence-electron chi connectivity index (χ1n) is 5.98. The highest BCUT2D eigenvalue weighted by Crippen LogP contribution is 2.41. The molecule has 1 heterocycles. The molecule has 0 saturated carbocycles. The molecular weight excluding hydrogens is 259 g/mol. The summed E-state index contributed by atoms with van der Waals surface area (Å²) >= 11 is 0. The van der Waals surface area contributed by atoms with Crippen LogP contribution in [0.15, 0.2) is 30.3 Å². The number of piperidine rings is 1. The lowest BCUT2D eigenvalue weighted by Gasteiger charge is -2.43. The Hall–Kier alpha value is -1.56. The Bertz CT molecular complexity index is 461. The lowest BCUT2D eigenvalue weighted by molar-refractivity contribution is -0.319. The summed E-state index contributed by atoms with van der Waals surface area (Å²) in [5.74, 6) is -0.671. The van der Waals surface area contributed by atoms with E-state index in [2.05, 4.69) is 0 Å². The number of rotatable bonds is 2. The molecule has 1 aliphatic heterocycles. The van der Waals surface area contributed by atoms with Crippen LogP contribution in [0.2, 0.25) is 0 Å². The average molecular weight is 273 g/mol. The van der Waals surface area contributed by atoms with Gasteiger partial charge in [0.2, 0.25) is 11.6 Å². The molecule has 1 N–H and O–H groups in total. The van der Waals surface area contributed by atoms with Crippen LogP contribution in [0.3, 0.4) is 0 Å². The van der Waals surface area contributed by atoms with Crippen molar-refractivity contribution in [3.63, 3.8) is 0 Å². The number of carbonyl (C=O) groups is 1. The number of halogens is 3. The Kier molecular flexibility index (Phi) is 3.54. The van der Waals surface area contributed by atoms with Crippen molar-refractivity contribution in [1.82, 2.24) is 4.90 Å². The predicted molar refractivity (Wildman–Crippen MR) is 61.8 cm³/mol. The number of amides is 1. The number of hydrogen-bond donors (Lipinski definition) is 1. The number of benzene rings is 1. The van der Waals surface area contributed by atoms with Crippen molar-refractivity contribution in [2.75, 3.05) is 0 Å². The number of nitrogens with zero attached hydrogens (tertiary/aromatic N) is 1. The minimum Gasteiger partial charge on any atom is -0.363 e. The number of hydrogen-bond acceptors (Lipinski definition) is 2. The van der Waals surface area contributed by atoms with Gasteiger partial charge in [-0.2, -0.15) is 13.2 Å². The third kappa shape index (κ3) is 2.58. The van der Waals surface area contributed by atoms with Crippen molar-refractivity contribution in [1.29, 1.82) is 0 Å². The zero-order valence-electron chi connectivity index (χ0n) is 10.2. The molecule has 3 nitrogen and oxygen atoms in total. The quantitative estimate of drug-likeness (QED) is 0.899. The average Bonchev–Trinajstić information content (AvgIpc) is 2.34. The van der Waals surface area contributed by atoms with Gasteiger partial charge >= 0.3 is 6.18 Å². The van der Waals surface area contributed by atoms with E-state index >= 15 is 0 Å². The van der Waals surface area contributed by atoms with E-state index in [0.717, 1.165) is 0 Å². The normalized spacial score (nSPS) is 24.6. The predicted octanol–water partition coefficient (Wildman–Crippen LogP) is 2.45. The van der Waals surface area contributed by atoms with Gasteiger partial charge in [-0.15, -0.1) is 0 Å². The molecule has 2 rings (SSSR count). The van der Waals surface area contributed by atoms with E-state index in [0.29, 0.717) is 10.5 Å². The Morgan fingerprint density at radius 2 is 1.89 bits per heavy atom. The lowest BCUT2D eigenvalue weighted by atomic mass is 9.96. The van der Waals surface area contributed by atoms with Crippen molar-refractivity contribution in [3.05, 3.63) is 35.9 Å². The Labute approximate surface area is 108 Å². The third-order valence-corrected chi connectivity index (χ3v) is 3.30. The maximum atomic E-state index is 13.0. The fourth-order valence-corrected chi connectivity index (χ4v) is 2.24. The van der Waals surface area contributed by atoms with Crippen LogP contribution >= 0.6 is 0 Å². The van der Waals surface area contributed by atoms with E-state index in [1.165, 1.54) is 0 Å². The van der Waals surface area contributed by atoms with Crippen LogP contribution in [-0.4, -0.2) is 27.8 Å². The zero-order valence-corrected chi connectivity index (χ0v) is 10.2. The first kappa shape index (κ1) is 13.9. The maximum absolute atomic E-state index is 13.0. The molecule has 1 aromatic carbocycles. The highest BCUT2D eigenvalue weighted by atomic mass is 19.4. The molecule has 0 aliphatic carbocycles. The summed E-state index contributed by atoms with van der Waals surface area (Å²) in [7, 11) is 0. The lowest BCUT2D eigenvalue weighted by Crippen LogP contribution is -2.62. The number of carbonyl (C=O) groups excluding carboxylic acids is 1. The largest absolute Gasteiger partial charge is 0.436 e. The van der Waals surface area contributed by atoms with E-state index in [4.69, 9.17) is 0 Å². The van der Waals surface area contributed by atoms with Crippen LogP contribution in [0.1, 0.15) is 24.8 Å². The van der Waals surface area contributed by atoms with Gasteiger partial charge in [0.1, 0.15) is 0 Å². The second-order valence-electron chi connectivity index (χ2n) is 4.63. The SMILES string of the molecule is O=C1CCCC(O)(C(F)(F)F)N1Cc1ccccc1. The molecule has 19 heavy (non-hydrogen) atoms. The Morgan fingerprint density at radius 1 is 1.26 bits per heavy atom. The molecule has 0 radical (unpaired) electrons. The van der Waals surface area contributed by atoms with E-state index in [1.54, 1.807) is 30.3 Å². The van der Waals surface area contributed by atoms with Gasteiger partial charge in [0.05, 0.1) is 0 Å². The Morgan fingerprint density at radius 3 is 2.47 bits per heavy atom. The number of likely N-dealkylation sites (tertiary alicyclic amines) is 1. The molecule has 0 bridgehead atoms. The monoisotopic (exact) mass is 273 g/mol. The summed E-state index contributed by atoms with van der Waals surface area (Å²) in [6.45, 7) is -0.240. The van der Waals surface area contributed by atoms with Gasteiger partial charge in [-0.1, -0.05) is 30.3 Å². The van der Waals surface area contributed by atoms with Crippen LogP contribution in [0.5, 0.6) is 0 Å². The molecule has 1 amide bonds. The van der Waals surface area contributed by atoms with Crippen molar-refractivity contribution in [2.24, 2.45) is 0 Å². The van der Waals surface area contributed by atoms with Crippen LogP contribution < -0.4 is 0 Å². The number of alkyl halides is 3. The summed E-state index contributed by atoms with van der Waals surface area (Å²) in [6.07, 6.45) is -5.25. The fourth-order valence-electron chi connectivity index (χ4n) is 2.24. The minimum atomic E-state index is -4.85. The first-order chi connectivity index (χ1) is 8.84. The van der Waals surface area contributed by atoms with Gasteiger partial charge in [0, 0.05) is 19.4 Å². The van der Waals surface area contributed by atoms with E-state index in [1.807, 2.05) is 0 Å². The molecular formula is C13H14F3NO2. The second kappa shape index (κ2) is 4.85. The van der Waals surface area contributed by atoms with Crippen molar-refractivity contribution < 1.29 is 23.1 Å². The van der Waals surface area contributed by atoms with Crippen molar-refractivity contribution in [3.8, 4) is 0 Å². The molecule has 1 aliphatic rings. The molecule has 0 aromatic heterocycles. The smallest absolute Gasteiger partial charge is 0.363 e. The van der Waals surface area contributed by atoms with E-state index < -0.39 is 24.2 Å². The zero-order chi connectivity index (χ0) is 14.1. The van der Waals surface area contributed by atoms with E-state index in [-0.39, 0.29) is 19.4 Å². The van der Waals surface area contributed by atoms with E-state index in [9.17, 15) is 23.1 Å². The van der Waals surface area contributed by atoms with Crippen molar-refractivity contribution in [2.45, 2.75) is 37.7 Å². The summed E-state index contributed by atoms with van der Waals surface area (Å²) in [5, 5.41) is 9.88. The highest BCUT2D eigenvalue weighted by molar-refractivity contribution is 5.77.